The lowest BCUT2D eigenvalue weighted by Crippen LogP contribution is -2.35. The molecule has 0 atom stereocenters. The Morgan fingerprint density at radius 3 is 2.57 bits per heavy atom. The van der Waals surface area contributed by atoms with E-state index < -0.39 is 28.6 Å². The molecule has 9 nitrogen and oxygen atoms in total. The Balaban J connectivity index is 1.51. The molecule has 2 aromatic rings. The molecule has 0 aromatic heterocycles. The molecule has 28 heavy (non-hydrogen) atoms. The summed E-state index contributed by atoms with van der Waals surface area (Å²) in [5.41, 5.74) is 0.139. The van der Waals surface area contributed by atoms with E-state index in [-0.39, 0.29) is 36.3 Å². The van der Waals surface area contributed by atoms with Gasteiger partial charge in [0.25, 0.3) is 17.5 Å². The minimum atomic E-state index is -0.637. The summed E-state index contributed by atoms with van der Waals surface area (Å²) in [6.07, 6.45) is 0.282. The van der Waals surface area contributed by atoms with Gasteiger partial charge in [0.2, 0.25) is 0 Å². The minimum absolute atomic E-state index is 0.00370. The zero-order chi connectivity index (χ0) is 20.3. The second-order valence-corrected chi connectivity index (χ2v) is 5.99. The third kappa shape index (κ3) is 3.95. The SMILES string of the molecule is O=C(NCCCN1C(=O)c2ccc([N+](=O)[O-])cc2C1=O)Nc1cccc(F)c1. The first-order valence-corrected chi connectivity index (χ1v) is 8.32. The number of nitrogens with zero attached hydrogens (tertiary/aromatic N) is 2. The average molecular weight is 386 g/mol. The molecule has 0 radical (unpaired) electrons. The van der Waals surface area contributed by atoms with Crippen molar-refractivity contribution in [2.75, 3.05) is 18.4 Å². The molecule has 144 valence electrons. The molecule has 4 amide bonds. The van der Waals surface area contributed by atoms with Crippen molar-refractivity contribution in [2.45, 2.75) is 6.42 Å². The number of benzene rings is 2. The van der Waals surface area contributed by atoms with Crippen LogP contribution < -0.4 is 10.6 Å². The Hall–Kier alpha value is -3.82. The van der Waals surface area contributed by atoms with E-state index in [1.165, 1.54) is 30.3 Å². The van der Waals surface area contributed by atoms with Crippen LogP contribution >= 0.6 is 0 Å². The Morgan fingerprint density at radius 2 is 1.86 bits per heavy atom. The highest BCUT2D eigenvalue weighted by atomic mass is 19.1. The number of hydrogen-bond acceptors (Lipinski definition) is 5. The number of nitro benzene ring substituents is 1. The molecular weight excluding hydrogens is 371 g/mol. The van der Waals surface area contributed by atoms with Crippen molar-refractivity contribution < 1.29 is 23.7 Å². The van der Waals surface area contributed by atoms with Crippen LogP contribution in [-0.4, -0.2) is 40.8 Å². The second-order valence-electron chi connectivity index (χ2n) is 5.99. The maximum Gasteiger partial charge on any atom is 0.319 e. The number of rotatable bonds is 6. The number of anilines is 1. The molecule has 0 spiro atoms. The number of non-ortho nitro benzene ring substituents is 1. The van der Waals surface area contributed by atoms with Gasteiger partial charge < -0.3 is 10.6 Å². The molecule has 3 rings (SSSR count). The Kier molecular flexibility index (Phi) is 5.30. The Bertz CT molecular complexity index is 978. The molecule has 2 N–H and O–H groups in total. The monoisotopic (exact) mass is 386 g/mol. The first-order valence-electron chi connectivity index (χ1n) is 8.32. The summed E-state index contributed by atoms with van der Waals surface area (Å²) in [5.74, 6) is -1.62. The molecule has 1 aliphatic heterocycles. The van der Waals surface area contributed by atoms with Crippen molar-refractivity contribution in [1.82, 2.24) is 10.2 Å². The standard InChI is InChI=1S/C18H15FN4O5/c19-11-3-1-4-12(9-11)21-18(26)20-7-2-8-22-16(24)14-6-5-13(23(27)28)10-15(14)17(22)25/h1,3-6,9-10H,2,7-8H2,(H2,20,21,26). The topological polar surface area (TPSA) is 122 Å². The number of imide groups is 1. The molecule has 0 fully saturated rings. The lowest BCUT2D eigenvalue weighted by atomic mass is 10.1. The highest BCUT2D eigenvalue weighted by Gasteiger charge is 2.36. The maximum absolute atomic E-state index is 13.1. The van der Waals surface area contributed by atoms with Crippen LogP contribution in [0.4, 0.5) is 20.6 Å². The van der Waals surface area contributed by atoms with Gasteiger partial charge in [-0.3, -0.25) is 24.6 Å². The number of nitro groups is 1. The predicted octanol–water partition coefficient (Wildman–Crippen LogP) is 2.54. The molecular formula is C18H15FN4O5. The lowest BCUT2D eigenvalue weighted by molar-refractivity contribution is -0.384. The number of amides is 4. The van der Waals surface area contributed by atoms with Gasteiger partial charge in [-0.1, -0.05) is 6.07 Å². The smallest absolute Gasteiger partial charge is 0.319 e. The fraction of sp³-hybridized carbons (Fsp3) is 0.167. The molecule has 0 saturated carbocycles. The van der Waals surface area contributed by atoms with E-state index >= 15 is 0 Å². The third-order valence-corrected chi connectivity index (χ3v) is 4.09. The van der Waals surface area contributed by atoms with Crippen molar-refractivity contribution in [3.63, 3.8) is 0 Å². The van der Waals surface area contributed by atoms with Crippen molar-refractivity contribution in [1.29, 1.82) is 0 Å². The van der Waals surface area contributed by atoms with E-state index in [1.807, 2.05) is 0 Å². The highest BCUT2D eigenvalue weighted by molar-refractivity contribution is 6.21. The van der Waals surface area contributed by atoms with Crippen LogP contribution in [0.5, 0.6) is 0 Å². The van der Waals surface area contributed by atoms with E-state index in [1.54, 1.807) is 0 Å². The third-order valence-electron chi connectivity index (χ3n) is 4.09. The molecule has 0 bridgehead atoms. The molecule has 2 aromatic carbocycles. The number of carbonyl (C=O) groups is 3. The van der Waals surface area contributed by atoms with Gasteiger partial charge in [0.05, 0.1) is 16.1 Å². The quantitative estimate of drug-likeness (QED) is 0.342. The number of urea groups is 1. The van der Waals surface area contributed by atoms with E-state index in [0.717, 1.165) is 17.0 Å². The molecule has 1 aliphatic rings. The minimum Gasteiger partial charge on any atom is -0.338 e. The van der Waals surface area contributed by atoms with Crippen molar-refractivity contribution >= 4 is 29.2 Å². The second kappa shape index (κ2) is 7.82. The zero-order valence-electron chi connectivity index (χ0n) is 14.5. The summed E-state index contributed by atoms with van der Waals surface area (Å²) in [6.45, 7) is 0.203. The van der Waals surface area contributed by atoms with Crippen LogP contribution in [0.25, 0.3) is 0 Å². The van der Waals surface area contributed by atoms with E-state index in [4.69, 9.17) is 0 Å². The van der Waals surface area contributed by atoms with Crippen LogP contribution in [0.15, 0.2) is 42.5 Å². The summed E-state index contributed by atoms with van der Waals surface area (Å²) >= 11 is 0. The largest absolute Gasteiger partial charge is 0.338 e. The van der Waals surface area contributed by atoms with Crippen molar-refractivity contribution in [2.24, 2.45) is 0 Å². The van der Waals surface area contributed by atoms with Gasteiger partial charge in [-0.2, -0.15) is 0 Å². The first kappa shape index (κ1) is 19.0. The molecule has 0 saturated heterocycles. The summed E-state index contributed by atoms with van der Waals surface area (Å²) in [5, 5.41) is 15.8. The molecule has 0 unspecified atom stereocenters. The fourth-order valence-electron chi connectivity index (χ4n) is 2.78. The van der Waals surface area contributed by atoms with Gasteiger partial charge in [0.1, 0.15) is 5.82 Å². The summed E-state index contributed by atoms with van der Waals surface area (Å²) < 4.78 is 13.1. The van der Waals surface area contributed by atoms with E-state index in [9.17, 15) is 28.9 Å². The van der Waals surface area contributed by atoms with Crippen LogP contribution in [0.2, 0.25) is 0 Å². The van der Waals surface area contributed by atoms with Crippen molar-refractivity contribution in [3.05, 3.63) is 69.5 Å². The maximum atomic E-state index is 13.1. The highest BCUT2D eigenvalue weighted by Crippen LogP contribution is 2.26. The predicted molar refractivity (Wildman–Crippen MR) is 96.5 cm³/mol. The van der Waals surface area contributed by atoms with Crippen LogP contribution in [-0.2, 0) is 0 Å². The van der Waals surface area contributed by atoms with Gasteiger partial charge in [-0.05, 0) is 30.7 Å². The van der Waals surface area contributed by atoms with Crippen LogP contribution in [0.1, 0.15) is 27.1 Å². The zero-order valence-corrected chi connectivity index (χ0v) is 14.5. The van der Waals surface area contributed by atoms with Crippen molar-refractivity contribution in [3.8, 4) is 0 Å². The average Bonchev–Trinajstić information content (AvgIpc) is 2.89. The van der Waals surface area contributed by atoms with Gasteiger partial charge in [0.15, 0.2) is 0 Å². The number of hydrogen-bond donors (Lipinski definition) is 2. The Labute approximate surface area is 158 Å². The molecule has 10 heteroatoms. The normalized spacial score (nSPS) is 12.7. The van der Waals surface area contributed by atoms with Crippen LogP contribution in [0.3, 0.4) is 0 Å². The Morgan fingerprint density at radius 1 is 1.11 bits per heavy atom. The van der Waals surface area contributed by atoms with E-state index in [0.29, 0.717) is 5.69 Å². The van der Waals surface area contributed by atoms with Gasteiger partial charge in [-0.25, -0.2) is 9.18 Å². The lowest BCUT2D eigenvalue weighted by Gasteiger charge is -2.14. The fourth-order valence-corrected chi connectivity index (χ4v) is 2.78. The van der Waals surface area contributed by atoms with E-state index in [2.05, 4.69) is 10.6 Å². The van der Waals surface area contributed by atoms with Gasteiger partial charge >= 0.3 is 6.03 Å². The molecule has 0 aliphatic carbocycles. The number of nitrogens with one attached hydrogen (secondary N) is 2. The van der Waals surface area contributed by atoms with Crippen LogP contribution in [0, 0.1) is 15.9 Å². The number of carbonyl (C=O) groups excluding carboxylic acids is 3. The summed E-state index contributed by atoms with van der Waals surface area (Å²) in [7, 11) is 0. The summed E-state index contributed by atoms with van der Waals surface area (Å²) in [4.78, 5) is 47.6. The molecule has 1 heterocycles. The van der Waals surface area contributed by atoms with Gasteiger partial charge in [-0.15, -0.1) is 0 Å². The number of fused-ring (bicyclic) bond motifs is 1. The number of halogens is 1. The van der Waals surface area contributed by atoms with Gasteiger partial charge in [0, 0.05) is 30.9 Å². The summed E-state index contributed by atoms with van der Waals surface area (Å²) in [6, 6.07) is 8.36. The first-order chi connectivity index (χ1) is 13.4.